The molecule has 13 heavy (non-hydrogen) atoms. The van der Waals surface area contributed by atoms with Crippen LogP contribution in [0.25, 0.3) is 0 Å². The van der Waals surface area contributed by atoms with Crippen LogP contribution in [0.2, 0.25) is 0 Å². The molecule has 0 aromatic rings. The zero-order chi connectivity index (χ0) is 8.67. The molecule has 2 heterocycles. The fraction of sp³-hybridized carbons (Fsp3) is 1.00. The summed E-state index contributed by atoms with van der Waals surface area (Å²) in [4.78, 5) is 0. The van der Waals surface area contributed by atoms with Gasteiger partial charge < -0.3 is 14.8 Å². The summed E-state index contributed by atoms with van der Waals surface area (Å²) >= 11 is 0. The van der Waals surface area contributed by atoms with Crippen LogP contribution < -0.4 is 5.32 Å². The maximum atomic E-state index is 5.67. The van der Waals surface area contributed by atoms with Gasteiger partial charge in [0.1, 0.15) is 0 Å². The van der Waals surface area contributed by atoms with Gasteiger partial charge in [0.05, 0.1) is 25.4 Å². The second-order valence-electron chi connectivity index (χ2n) is 4.46. The molecule has 3 nitrogen and oxygen atoms in total. The summed E-state index contributed by atoms with van der Waals surface area (Å²) in [6.45, 7) is 2.81. The molecule has 0 aromatic heterocycles. The van der Waals surface area contributed by atoms with Crippen molar-refractivity contribution in [3.63, 3.8) is 0 Å². The molecular formula is C10H17NO2. The van der Waals surface area contributed by atoms with E-state index in [1.165, 1.54) is 19.3 Å². The molecule has 0 amide bonds. The smallest absolute Gasteiger partial charge is 0.0643 e. The summed E-state index contributed by atoms with van der Waals surface area (Å²) in [7, 11) is 0. The molecule has 0 aromatic carbocycles. The molecule has 0 bridgehead atoms. The van der Waals surface area contributed by atoms with Crippen molar-refractivity contribution in [2.45, 2.75) is 37.5 Å². The summed E-state index contributed by atoms with van der Waals surface area (Å²) in [5.74, 6) is 0.800. The molecule has 3 atom stereocenters. The van der Waals surface area contributed by atoms with E-state index in [9.17, 15) is 0 Å². The lowest BCUT2D eigenvalue weighted by atomic mass is 9.72. The number of hydrogen-bond acceptors (Lipinski definition) is 3. The zero-order valence-electron chi connectivity index (χ0n) is 7.87. The van der Waals surface area contributed by atoms with Crippen molar-refractivity contribution in [1.82, 2.24) is 5.32 Å². The molecule has 3 fully saturated rings. The molecule has 3 heteroatoms. The lowest BCUT2D eigenvalue weighted by Crippen LogP contribution is -2.62. The van der Waals surface area contributed by atoms with E-state index in [0.29, 0.717) is 12.1 Å². The minimum absolute atomic E-state index is 0.576. The number of hydrogen-bond donors (Lipinski definition) is 1. The average Bonchev–Trinajstić information content (AvgIpc) is 2.03. The van der Waals surface area contributed by atoms with Crippen molar-refractivity contribution in [2.75, 3.05) is 19.8 Å². The predicted molar refractivity (Wildman–Crippen MR) is 48.6 cm³/mol. The molecule has 2 aliphatic heterocycles. The lowest BCUT2D eigenvalue weighted by molar-refractivity contribution is -0.116. The molecule has 3 aliphatic rings. The molecule has 1 N–H and O–H groups in total. The normalized spacial score (nSPS) is 44.8. The highest BCUT2D eigenvalue weighted by atomic mass is 16.5. The van der Waals surface area contributed by atoms with Gasteiger partial charge >= 0.3 is 0 Å². The van der Waals surface area contributed by atoms with Crippen molar-refractivity contribution in [3.8, 4) is 0 Å². The Morgan fingerprint density at radius 1 is 1.23 bits per heavy atom. The number of rotatable bonds is 2. The van der Waals surface area contributed by atoms with Crippen LogP contribution in [0.5, 0.6) is 0 Å². The van der Waals surface area contributed by atoms with Crippen molar-refractivity contribution in [1.29, 1.82) is 0 Å². The van der Waals surface area contributed by atoms with Gasteiger partial charge in [-0.3, -0.25) is 0 Å². The van der Waals surface area contributed by atoms with E-state index in [1.807, 2.05) is 0 Å². The second-order valence-corrected chi connectivity index (χ2v) is 4.46. The molecule has 3 unspecified atom stereocenters. The number of fused-ring (bicyclic) bond motifs is 1. The first-order valence-electron chi connectivity index (χ1n) is 5.39. The Hall–Kier alpha value is -0.120. The highest BCUT2D eigenvalue weighted by Crippen LogP contribution is 2.38. The van der Waals surface area contributed by atoms with Gasteiger partial charge in [-0.1, -0.05) is 0 Å². The summed E-state index contributed by atoms with van der Waals surface area (Å²) in [6.07, 6.45) is 4.41. The minimum atomic E-state index is 0.576. The highest BCUT2D eigenvalue weighted by Gasteiger charge is 2.44. The monoisotopic (exact) mass is 183 g/mol. The molecule has 0 spiro atoms. The standard InChI is InChI=1S/C10H17NO2/c1-2-8-9(4-10(8)13-3-1)11-7-5-12-6-7/h7-11H,1-6H2. The van der Waals surface area contributed by atoms with Crippen LogP contribution in [0.3, 0.4) is 0 Å². The van der Waals surface area contributed by atoms with E-state index in [-0.39, 0.29) is 0 Å². The summed E-state index contributed by atoms with van der Waals surface area (Å²) in [5.41, 5.74) is 0. The quantitative estimate of drug-likeness (QED) is 0.678. The van der Waals surface area contributed by atoms with E-state index in [1.54, 1.807) is 0 Å². The molecule has 0 radical (unpaired) electrons. The van der Waals surface area contributed by atoms with Gasteiger partial charge in [-0.25, -0.2) is 0 Å². The number of ether oxygens (including phenoxy) is 2. The Labute approximate surface area is 78.8 Å². The maximum Gasteiger partial charge on any atom is 0.0643 e. The summed E-state index contributed by atoms with van der Waals surface area (Å²) in [6, 6.07) is 1.35. The summed E-state index contributed by atoms with van der Waals surface area (Å²) in [5, 5.41) is 3.65. The van der Waals surface area contributed by atoms with Crippen molar-refractivity contribution < 1.29 is 9.47 Å². The summed E-state index contributed by atoms with van der Waals surface area (Å²) < 4.78 is 10.8. The van der Waals surface area contributed by atoms with Gasteiger partial charge in [-0.2, -0.15) is 0 Å². The van der Waals surface area contributed by atoms with E-state index in [2.05, 4.69) is 5.32 Å². The first kappa shape index (κ1) is 8.21. The van der Waals surface area contributed by atoms with Crippen LogP contribution in [0.15, 0.2) is 0 Å². The van der Waals surface area contributed by atoms with Gasteiger partial charge in [0, 0.05) is 18.6 Å². The average molecular weight is 183 g/mol. The third-order valence-electron chi connectivity index (χ3n) is 3.58. The fourth-order valence-electron chi connectivity index (χ4n) is 2.62. The molecule has 3 rings (SSSR count). The van der Waals surface area contributed by atoms with Crippen molar-refractivity contribution >= 4 is 0 Å². The minimum Gasteiger partial charge on any atom is -0.378 e. The Kier molecular flexibility index (Phi) is 2.04. The van der Waals surface area contributed by atoms with E-state index in [4.69, 9.17) is 9.47 Å². The molecule has 74 valence electrons. The van der Waals surface area contributed by atoms with Crippen LogP contribution in [0, 0.1) is 5.92 Å². The van der Waals surface area contributed by atoms with E-state index in [0.717, 1.165) is 31.8 Å². The molecule has 1 saturated carbocycles. The van der Waals surface area contributed by atoms with Crippen LogP contribution >= 0.6 is 0 Å². The topological polar surface area (TPSA) is 30.5 Å². The Balaban J connectivity index is 1.50. The Morgan fingerprint density at radius 3 is 2.85 bits per heavy atom. The molecule has 1 aliphatic carbocycles. The van der Waals surface area contributed by atoms with Crippen molar-refractivity contribution in [2.24, 2.45) is 5.92 Å². The van der Waals surface area contributed by atoms with Crippen LogP contribution in [-0.2, 0) is 9.47 Å². The SMILES string of the molecule is C1COC2CC(NC3COC3)C2C1. The van der Waals surface area contributed by atoms with Crippen LogP contribution in [-0.4, -0.2) is 38.0 Å². The van der Waals surface area contributed by atoms with E-state index < -0.39 is 0 Å². The Bertz CT molecular complexity index is 193. The lowest BCUT2D eigenvalue weighted by Gasteiger charge is -2.49. The zero-order valence-corrected chi connectivity index (χ0v) is 7.87. The van der Waals surface area contributed by atoms with Crippen LogP contribution in [0.1, 0.15) is 19.3 Å². The number of nitrogens with one attached hydrogen (secondary N) is 1. The molecule has 2 saturated heterocycles. The van der Waals surface area contributed by atoms with Gasteiger partial charge in [-0.15, -0.1) is 0 Å². The predicted octanol–water partition coefficient (Wildman–Crippen LogP) is 0.542. The fourth-order valence-corrected chi connectivity index (χ4v) is 2.62. The van der Waals surface area contributed by atoms with Gasteiger partial charge in [0.15, 0.2) is 0 Å². The van der Waals surface area contributed by atoms with Crippen LogP contribution in [0.4, 0.5) is 0 Å². The van der Waals surface area contributed by atoms with E-state index >= 15 is 0 Å². The first-order valence-corrected chi connectivity index (χ1v) is 5.39. The third kappa shape index (κ3) is 1.39. The third-order valence-corrected chi connectivity index (χ3v) is 3.58. The van der Waals surface area contributed by atoms with Gasteiger partial charge in [0.25, 0.3) is 0 Å². The largest absolute Gasteiger partial charge is 0.378 e. The highest BCUT2D eigenvalue weighted by molar-refractivity contribution is 4.98. The Morgan fingerprint density at radius 2 is 2.15 bits per heavy atom. The van der Waals surface area contributed by atoms with Gasteiger partial charge in [-0.05, 0) is 19.3 Å². The molecular weight excluding hydrogens is 166 g/mol. The van der Waals surface area contributed by atoms with Gasteiger partial charge in [0.2, 0.25) is 0 Å². The first-order chi connectivity index (χ1) is 6.43. The second kappa shape index (κ2) is 3.23. The maximum absolute atomic E-state index is 5.67. The van der Waals surface area contributed by atoms with Crippen molar-refractivity contribution in [3.05, 3.63) is 0 Å².